The van der Waals surface area contributed by atoms with Crippen LogP contribution in [0.3, 0.4) is 0 Å². The van der Waals surface area contributed by atoms with Crippen LogP contribution in [0.5, 0.6) is 5.75 Å². The van der Waals surface area contributed by atoms with Crippen molar-refractivity contribution in [2.45, 2.75) is 38.9 Å². The molecule has 9 heteroatoms. The molecule has 0 aliphatic heterocycles. The average molecular weight is 514 g/mol. The van der Waals surface area contributed by atoms with Crippen LogP contribution in [0.15, 0.2) is 51.0 Å². The summed E-state index contributed by atoms with van der Waals surface area (Å²) in [6.07, 6.45) is 0.853. The van der Waals surface area contributed by atoms with Gasteiger partial charge in [0, 0.05) is 22.4 Å². The molecule has 3 aromatic heterocycles. The molecule has 0 aliphatic rings. The van der Waals surface area contributed by atoms with Gasteiger partial charge in [0.05, 0.1) is 23.9 Å². The van der Waals surface area contributed by atoms with Gasteiger partial charge in [-0.05, 0) is 48.4 Å². The Hall–Kier alpha value is -2.62. The van der Waals surface area contributed by atoms with Gasteiger partial charge in [-0.3, -0.25) is 14.2 Å². The van der Waals surface area contributed by atoms with Crippen molar-refractivity contribution in [1.29, 1.82) is 0 Å². The second-order valence-corrected chi connectivity index (χ2v) is 11.1. The lowest BCUT2D eigenvalue weighted by Crippen LogP contribution is -2.25. The molecule has 4 aromatic rings. The van der Waals surface area contributed by atoms with E-state index in [1.54, 1.807) is 23.0 Å². The largest absolute Gasteiger partial charge is 0.495 e. The maximum Gasteiger partial charge on any atom is 0.263 e. The maximum absolute atomic E-state index is 13.6. The normalized spacial score (nSPS) is 11.3. The maximum atomic E-state index is 13.6. The van der Waals surface area contributed by atoms with E-state index in [2.05, 4.69) is 19.2 Å². The van der Waals surface area contributed by atoms with Crippen LogP contribution in [0.2, 0.25) is 0 Å². The number of anilines is 1. The number of ether oxygens (including phenoxy) is 1. The third-order valence-corrected chi connectivity index (χ3v) is 8.09. The highest BCUT2D eigenvalue weighted by atomic mass is 32.2. The van der Waals surface area contributed by atoms with E-state index in [0.717, 1.165) is 22.4 Å². The monoisotopic (exact) mass is 513 g/mol. The van der Waals surface area contributed by atoms with Crippen LogP contribution in [0.4, 0.5) is 5.69 Å². The summed E-state index contributed by atoms with van der Waals surface area (Å²) in [4.78, 5) is 32.9. The van der Waals surface area contributed by atoms with Gasteiger partial charge in [-0.25, -0.2) is 4.98 Å². The molecule has 178 valence electrons. The molecule has 0 aliphatic carbocycles. The fourth-order valence-electron chi connectivity index (χ4n) is 3.55. The summed E-state index contributed by atoms with van der Waals surface area (Å²) in [5, 5.41) is 8.17. The quantitative estimate of drug-likeness (QED) is 0.211. The van der Waals surface area contributed by atoms with Gasteiger partial charge < -0.3 is 10.1 Å². The van der Waals surface area contributed by atoms with Crippen LogP contribution in [0.1, 0.15) is 25.8 Å². The van der Waals surface area contributed by atoms with E-state index >= 15 is 0 Å². The minimum atomic E-state index is -0.177. The summed E-state index contributed by atoms with van der Waals surface area (Å²) >= 11 is 4.37. The molecule has 0 saturated carbocycles. The molecule has 0 atom stereocenters. The highest BCUT2D eigenvalue weighted by Gasteiger charge is 2.19. The van der Waals surface area contributed by atoms with Gasteiger partial charge in [0.15, 0.2) is 5.16 Å². The number of carbonyl (C=O) groups excluding carboxylic acids is 1. The molecule has 1 N–H and O–H groups in total. The van der Waals surface area contributed by atoms with E-state index in [1.165, 1.54) is 23.1 Å². The van der Waals surface area contributed by atoms with Gasteiger partial charge >= 0.3 is 0 Å². The highest BCUT2D eigenvalue weighted by Crippen LogP contribution is 2.35. The zero-order valence-electron chi connectivity index (χ0n) is 19.6. The molecule has 1 aromatic carbocycles. The number of aryl methyl sites for hydroxylation is 1. The molecular formula is C25H27N3O3S3. The molecule has 3 heterocycles. The molecule has 0 saturated heterocycles. The standard InChI is InChI=1S/C25H27N3O3S3/c1-15(2)9-10-28-24(30)22-17(20-6-5-11-32-20)13-33-23(22)27-25(28)34-14-21(29)26-18-12-16(3)7-8-19(18)31-4/h5-8,11-13,15H,9-10,14H2,1-4H3,(H,26,29). The number of nitrogens with zero attached hydrogens (tertiary/aromatic N) is 2. The lowest BCUT2D eigenvalue weighted by molar-refractivity contribution is -0.113. The number of hydrogen-bond acceptors (Lipinski definition) is 7. The van der Waals surface area contributed by atoms with Gasteiger partial charge in [0.2, 0.25) is 5.91 Å². The predicted molar refractivity (Wildman–Crippen MR) is 144 cm³/mol. The fourth-order valence-corrected chi connectivity index (χ4v) is 6.18. The van der Waals surface area contributed by atoms with E-state index in [9.17, 15) is 9.59 Å². The molecule has 34 heavy (non-hydrogen) atoms. The number of aromatic nitrogens is 2. The molecule has 6 nitrogen and oxygen atoms in total. The summed E-state index contributed by atoms with van der Waals surface area (Å²) in [7, 11) is 1.58. The van der Waals surface area contributed by atoms with Crippen molar-refractivity contribution in [2.75, 3.05) is 18.2 Å². The number of hydrogen-bond donors (Lipinski definition) is 1. The van der Waals surface area contributed by atoms with Gasteiger partial charge in [-0.2, -0.15) is 0 Å². The number of carbonyl (C=O) groups is 1. The van der Waals surface area contributed by atoms with Crippen molar-refractivity contribution in [3.8, 4) is 16.2 Å². The van der Waals surface area contributed by atoms with Crippen molar-refractivity contribution in [1.82, 2.24) is 9.55 Å². The van der Waals surface area contributed by atoms with E-state index in [0.29, 0.717) is 39.3 Å². The van der Waals surface area contributed by atoms with E-state index in [1.807, 2.05) is 48.0 Å². The number of thioether (sulfide) groups is 1. The van der Waals surface area contributed by atoms with Gasteiger partial charge in [-0.1, -0.05) is 37.7 Å². The van der Waals surface area contributed by atoms with Crippen LogP contribution in [-0.2, 0) is 11.3 Å². The minimum absolute atomic E-state index is 0.0430. The third kappa shape index (κ3) is 5.37. The van der Waals surface area contributed by atoms with Crippen LogP contribution >= 0.6 is 34.4 Å². The van der Waals surface area contributed by atoms with Crippen LogP contribution in [0.25, 0.3) is 20.7 Å². The number of methoxy groups -OCH3 is 1. The summed E-state index contributed by atoms with van der Waals surface area (Å²) < 4.78 is 7.09. The molecule has 4 rings (SSSR count). The zero-order chi connectivity index (χ0) is 24.2. The minimum Gasteiger partial charge on any atom is -0.495 e. The van der Waals surface area contributed by atoms with Crippen molar-refractivity contribution < 1.29 is 9.53 Å². The Balaban J connectivity index is 1.62. The van der Waals surface area contributed by atoms with E-state index < -0.39 is 0 Å². The Labute approximate surface area is 211 Å². The van der Waals surface area contributed by atoms with Crippen LogP contribution in [-0.4, -0.2) is 28.3 Å². The Morgan fingerprint density at radius 1 is 1.26 bits per heavy atom. The zero-order valence-corrected chi connectivity index (χ0v) is 22.0. The highest BCUT2D eigenvalue weighted by molar-refractivity contribution is 7.99. The second-order valence-electron chi connectivity index (χ2n) is 8.38. The Morgan fingerprint density at radius 3 is 2.79 bits per heavy atom. The SMILES string of the molecule is COc1ccc(C)cc1NC(=O)CSc1nc2scc(-c3cccs3)c2c(=O)n1CCC(C)C. The van der Waals surface area contributed by atoms with E-state index in [-0.39, 0.29) is 17.2 Å². The number of fused-ring (bicyclic) bond motifs is 1. The summed E-state index contributed by atoms with van der Waals surface area (Å²) in [6.45, 7) is 6.79. The molecule has 1 amide bonds. The Bertz CT molecular complexity index is 1360. The molecule has 0 unspecified atom stereocenters. The average Bonchev–Trinajstić information content (AvgIpc) is 3.47. The molecular weight excluding hydrogens is 486 g/mol. The summed E-state index contributed by atoms with van der Waals surface area (Å²) in [6, 6.07) is 9.65. The molecule has 0 radical (unpaired) electrons. The number of thiophene rings is 2. The van der Waals surface area contributed by atoms with Crippen molar-refractivity contribution in [3.63, 3.8) is 0 Å². The van der Waals surface area contributed by atoms with Crippen molar-refractivity contribution in [2.24, 2.45) is 5.92 Å². The number of benzene rings is 1. The smallest absolute Gasteiger partial charge is 0.263 e. The topological polar surface area (TPSA) is 73.2 Å². The Kier molecular flexibility index (Phi) is 7.75. The number of amides is 1. The summed E-state index contributed by atoms with van der Waals surface area (Å²) in [5.74, 6) is 1.01. The molecule has 0 spiro atoms. The fraction of sp³-hybridized carbons (Fsp3) is 0.320. The van der Waals surface area contributed by atoms with E-state index in [4.69, 9.17) is 9.72 Å². The Morgan fingerprint density at radius 2 is 2.09 bits per heavy atom. The lowest BCUT2D eigenvalue weighted by atomic mass is 10.1. The molecule has 0 bridgehead atoms. The first-order chi connectivity index (χ1) is 16.4. The van der Waals surface area contributed by atoms with Crippen molar-refractivity contribution >= 4 is 56.2 Å². The van der Waals surface area contributed by atoms with Gasteiger partial charge in [0.25, 0.3) is 5.56 Å². The molecule has 0 fully saturated rings. The first-order valence-electron chi connectivity index (χ1n) is 11.0. The van der Waals surface area contributed by atoms with Gasteiger partial charge in [-0.15, -0.1) is 22.7 Å². The third-order valence-electron chi connectivity index (χ3n) is 5.34. The lowest BCUT2D eigenvalue weighted by Gasteiger charge is -2.14. The first kappa shape index (κ1) is 24.5. The predicted octanol–water partition coefficient (Wildman–Crippen LogP) is 6.28. The van der Waals surface area contributed by atoms with Gasteiger partial charge in [0.1, 0.15) is 10.6 Å². The summed E-state index contributed by atoms with van der Waals surface area (Å²) in [5.41, 5.74) is 2.55. The van der Waals surface area contributed by atoms with Crippen molar-refractivity contribution in [3.05, 3.63) is 57.0 Å². The van der Waals surface area contributed by atoms with Crippen LogP contribution in [0, 0.1) is 12.8 Å². The van der Waals surface area contributed by atoms with Crippen LogP contribution < -0.4 is 15.6 Å². The number of rotatable bonds is 9. The first-order valence-corrected chi connectivity index (χ1v) is 13.7. The number of nitrogens with one attached hydrogen (secondary N) is 1. The second kappa shape index (κ2) is 10.8.